The minimum Gasteiger partial charge on any atom is -0.479 e. The number of aromatic nitrogens is 4. The summed E-state index contributed by atoms with van der Waals surface area (Å²) in [6, 6.07) is -1.16. The van der Waals surface area contributed by atoms with Gasteiger partial charge in [-0.3, -0.25) is 14.3 Å². The third-order valence-electron chi connectivity index (χ3n) is 5.39. The maximum Gasteiger partial charge on any atom is 0.324 e. The van der Waals surface area contributed by atoms with Crippen molar-refractivity contribution < 1.29 is 33.5 Å². The van der Waals surface area contributed by atoms with Crippen molar-refractivity contribution in [2.75, 3.05) is 32.3 Å². The molecule has 5 N–H and O–H groups in total. The number of nitrogens with one attached hydrogen (secondary N) is 1. The van der Waals surface area contributed by atoms with E-state index in [0.717, 1.165) is 16.9 Å². The summed E-state index contributed by atoms with van der Waals surface area (Å²) in [6.45, 7) is 1.34. The number of nitrogens with zero attached hydrogens (tertiary/aromatic N) is 5. The molecule has 4 heterocycles. The van der Waals surface area contributed by atoms with Gasteiger partial charge >= 0.3 is 6.03 Å². The van der Waals surface area contributed by atoms with E-state index in [-0.39, 0.29) is 35.7 Å². The first-order valence-electron chi connectivity index (χ1n) is 9.57. The van der Waals surface area contributed by atoms with Crippen molar-refractivity contribution >= 4 is 41.1 Å². The topological polar surface area (TPSA) is 187 Å². The van der Waals surface area contributed by atoms with Gasteiger partial charge in [-0.25, -0.2) is 9.78 Å². The molecule has 3 amide bonds. The number of carbonyl (C=O) groups excluding carboxylic acids is 2. The van der Waals surface area contributed by atoms with Crippen molar-refractivity contribution in [3.05, 3.63) is 6.33 Å². The number of fused-ring (bicyclic) bond motifs is 1. The van der Waals surface area contributed by atoms with Gasteiger partial charge in [-0.15, -0.1) is 0 Å². The van der Waals surface area contributed by atoms with E-state index in [0.29, 0.717) is 5.52 Å². The third kappa shape index (κ3) is 3.71. The summed E-state index contributed by atoms with van der Waals surface area (Å²) in [7, 11) is 2.81. The van der Waals surface area contributed by atoms with Crippen LogP contribution in [0, 0.1) is 0 Å². The van der Waals surface area contributed by atoms with Gasteiger partial charge in [0.05, 0.1) is 20.0 Å². The average molecular weight is 469 g/mol. The lowest BCUT2D eigenvalue weighted by Gasteiger charge is -2.27. The molecular formula is C17H23N7O7S. The number of urea groups is 1. The fourth-order valence-corrected chi connectivity index (χ4v) is 4.27. The number of nitrogens with two attached hydrogens (primary N) is 1. The maximum absolute atomic E-state index is 11.9. The Hall–Kier alpha value is -2.72. The summed E-state index contributed by atoms with van der Waals surface area (Å²) in [6.07, 6.45) is -1.86. The van der Waals surface area contributed by atoms with Gasteiger partial charge in [0.1, 0.15) is 23.9 Å². The minimum atomic E-state index is -1.71. The predicted molar refractivity (Wildman–Crippen MR) is 110 cm³/mol. The summed E-state index contributed by atoms with van der Waals surface area (Å²) in [5, 5.41) is 24.1. The van der Waals surface area contributed by atoms with Crippen molar-refractivity contribution in [3.63, 3.8) is 0 Å². The Bertz CT molecular complexity index is 1050. The number of anilines is 1. The first-order valence-corrected chi connectivity index (χ1v) is 10.5. The van der Waals surface area contributed by atoms with E-state index < -0.39 is 36.1 Å². The minimum absolute atomic E-state index is 0.0511. The molecule has 2 aliphatic heterocycles. The molecule has 2 aromatic rings. The van der Waals surface area contributed by atoms with Crippen LogP contribution in [0.1, 0.15) is 13.2 Å². The number of nitrogen functional groups attached to an aromatic ring is 1. The van der Waals surface area contributed by atoms with Crippen LogP contribution in [0.2, 0.25) is 0 Å². The second-order valence-electron chi connectivity index (χ2n) is 7.58. The van der Waals surface area contributed by atoms with Crippen molar-refractivity contribution in [3.8, 4) is 5.88 Å². The molecule has 0 spiro atoms. The van der Waals surface area contributed by atoms with Crippen LogP contribution in [-0.2, 0) is 13.7 Å². The maximum atomic E-state index is 11.9. The van der Waals surface area contributed by atoms with Gasteiger partial charge in [0, 0.05) is 12.8 Å². The van der Waals surface area contributed by atoms with Gasteiger partial charge in [-0.1, -0.05) is 0 Å². The fourth-order valence-electron chi connectivity index (χ4n) is 3.58. The lowest BCUT2D eigenvalue weighted by molar-refractivity contribution is -0.126. The van der Waals surface area contributed by atoms with Gasteiger partial charge in [-0.2, -0.15) is 9.97 Å². The van der Waals surface area contributed by atoms with E-state index in [1.54, 1.807) is 0 Å². The summed E-state index contributed by atoms with van der Waals surface area (Å²) in [5.41, 5.74) is 4.61. The van der Waals surface area contributed by atoms with Crippen molar-refractivity contribution in [2.24, 2.45) is 0 Å². The molecule has 0 aliphatic carbocycles. The first kappa shape index (κ1) is 22.5. The number of likely N-dealkylation sites (N-methyl/N-ethyl adjacent to an activating group) is 1. The number of methoxy groups -OCH3 is 1. The van der Waals surface area contributed by atoms with Crippen molar-refractivity contribution in [1.29, 1.82) is 0 Å². The Balaban J connectivity index is 1.43. The molecule has 0 saturated carbocycles. The zero-order valence-corrected chi connectivity index (χ0v) is 18.3. The molecule has 0 unspecified atom stereocenters. The first-order chi connectivity index (χ1) is 15.1. The Labute approximate surface area is 186 Å². The third-order valence-corrected chi connectivity index (χ3v) is 6.16. The largest absolute Gasteiger partial charge is 0.479 e. The Morgan fingerprint density at radius 2 is 2.16 bits per heavy atom. The van der Waals surface area contributed by atoms with Gasteiger partial charge in [0.25, 0.3) is 5.91 Å². The average Bonchev–Trinajstić information content (AvgIpc) is 3.34. The quantitative estimate of drug-likeness (QED) is 0.212. The lowest BCUT2D eigenvalue weighted by atomic mass is 9.96. The number of ether oxygens (including phenoxy) is 2. The van der Waals surface area contributed by atoms with E-state index in [4.69, 9.17) is 19.4 Å². The zero-order valence-electron chi connectivity index (χ0n) is 17.5. The molecule has 0 aromatic carbocycles. The van der Waals surface area contributed by atoms with Crippen LogP contribution in [0.15, 0.2) is 6.33 Å². The number of imide groups is 1. The predicted octanol–water partition coefficient (Wildman–Crippen LogP) is -1.36. The van der Waals surface area contributed by atoms with Gasteiger partial charge in [0.2, 0.25) is 11.8 Å². The fraction of sp³-hybridized carbons (Fsp3) is 0.588. The molecule has 2 aliphatic rings. The van der Waals surface area contributed by atoms with Crippen molar-refractivity contribution in [1.82, 2.24) is 29.7 Å². The standard InChI is InChI=1S/C17H23N7O7S/c1-17(28)10(25)8(4-30-32-5-7-13(26)23(2)16(27)20-7)31-14(17)24-6-19-9-11(24)21-15(18)22-12(9)29-3/h6-8,10,14,25,28H,4-5H2,1-3H3,(H,20,27)(H2,18,21,22)/t7-,8+,10+,14+,17+/m0/s1. The summed E-state index contributed by atoms with van der Waals surface area (Å²) < 4.78 is 18.0. The van der Waals surface area contributed by atoms with Gasteiger partial charge in [-0.05, 0) is 19.0 Å². The highest BCUT2D eigenvalue weighted by molar-refractivity contribution is 7.94. The number of imidazole rings is 1. The molecule has 14 nitrogen and oxygen atoms in total. The molecule has 0 bridgehead atoms. The molecule has 15 heteroatoms. The molecule has 174 valence electrons. The molecule has 32 heavy (non-hydrogen) atoms. The molecule has 0 radical (unpaired) electrons. The number of amides is 3. The molecule has 4 rings (SSSR count). The van der Waals surface area contributed by atoms with Crippen molar-refractivity contribution in [2.45, 2.75) is 37.0 Å². The van der Waals surface area contributed by atoms with E-state index in [1.807, 2.05) is 0 Å². The molecule has 2 saturated heterocycles. The lowest BCUT2D eigenvalue weighted by Crippen LogP contribution is -2.44. The highest BCUT2D eigenvalue weighted by Gasteiger charge is 2.53. The number of aliphatic hydroxyl groups excluding tert-OH is 1. The Kier molecular flexibility index (Phi) is 5.85. The second-order valence-corrected chi connectivity index (χ2v) is 8.39. The van der Waals surface area contributed by atoms with E-state index in [9.17, 15) is 19.8 Å². The molecule has 2 aromatic heterocycles. The monoisotopic (exact) mass is 469 g/mol. The smallest absolute Gasteiger partial charge is 0.324 e. The number of hydrogen-bond acceptors (Lipinski definition) is 12. The molecule has 2 fully saturated rings. The highest BCUT2D eigenvalue weighted by Crippen LogP contribution is 2.40. The van der Waals surface area contributed by atoms with Crippen LogP contribution >= 0.6 is 12.0 Å². The zero-order chi connectivity index (χ0) is 23.2. The van der Waals surface area contributed by atoms with Gasteiger partial charge < -0.3 is 34.9 Å². The summed E-state index contributed by atoms with van der Waals surface area (Å²) in [5.74, 6) is -0.0562. The highest BCUT2D eigenvalue weighted by atomic mass is 32.2. The van der Waals surface area contributed by atoms with E-state index in [2.05, 4.69) is 20.3 Å². The SMILES string of the molecule is COc1nc(N)nc2c1ncn2[C@@H]1O[C@H](COSC[C@@H]2NC(=O)N(C)C2=O)[C@@H](O)[C@@]1(C)O. The molecule has 5 atom stereocenters. The summed E-state index contributed by atoms with van der Waals surface area (Å²) >= 11 is 0.948. The van der Waals surface area contributed by atoms with Crippen LogP contribution in [0.25, 0.3) is 11.2 Å². The van der Waals surface area contributed by atoms with Crippen LogP contribution in [0.3, 0.4) is 0 Å². The molecular weight excluding hydrogens is 446 g/mol. The number of carbonyl (C=O) groups is 2. The Morgan fingerprint density at radius 3 is 2.81 bits per heavy atom. The van der Waals surface area contributed by atoms with E-state index in [1.165, 1.54) is 32.0 Å². The van der Waals surface area contributed by atoms with E-state index >= 15 is 0 Å². The number of rotatable bonds is 7. The second kappa shape index (κ2) is 8.32. The normalized spacial score (nSPS) is 30.3. The van der Waals surface area contributed by atoms with Crippen LogP contribution in [0.5, 0.6) is 5.88 Å². The number of hydrogen-bond donors (Lipinski definition) is 4. The van der Waals surface area contributed by atoms with Crippen LogP contribution < -0.4 is 15.8 Å². The summed E-state index contributed by atoms with van der Waals surface area (Å²) in [4.78, 5) is 36.7. The number of aliphatic hydroxyl groups is 2. The van der Waals surface area contributed by atoms with Gasteiger partial charge in [0.15, 0.2) is 17.4 Å². The van der Waals surface area contributed by atoms with Crippen LogP contribution in [0.4, 0.5) is 10.7 Å². The van der Waals surface area contributed by atoms with Crippen LogP contribution in [-0.4, -0.2) is 96.9 Å². The Morgan fingerprint density at radius 1 is 1.41 bits per heavy atom.